The summed E-state index contributed by atoms with van der Waals surface area (Å²) in [5, 5.41) is 11.3. The molecule has 0 saturated carbocycles. The summed E-state index contributed by atoms with van der Waals surface area (Å²) in [5.41, 5.74) is 0.0333. The van der Waals surface area contributed by atoms with E-state index in [2.05, 4.69) is 11.1 Å². The van der Waals surface area contributed by atoms with E-state index >= 15 is 0 Å². The van der Waals surface area contributed by atoms with Gasteiger partial charge in [0.15, 0.2) is 0 Å². The molecule has 26 heavy (non-hydrogen) atoms. The van der Waals surface area contributed by atoms with Gasteiger partial charge in [0.25, 0.3) is 0 Å². The molecule has 0 aliphatic carbocycles. The summed E-state index contributed by atoms with van der Waals surface area (Å²) in [6, 6.07) is 7.80. The number of nitrogens with zero attached hydrogens (tertiary/aromatic N) is 3. The predicted molar refractivity (Wildman–Crippen MR) is 97.9 cm³/mol. The van der Waals surface area contributed by atoms with Crippen LogP contribution >= 0.6 is 0 Å². The number of likely N-dealkylation sites (tertiary alicyclic amines) is 1. The Kier molecular flexibility index (Phi) is 4.99. The third kappa shape index (κ3) is 4.05. The van der Waals surface area contributed by atoms with Crippen molar-refractivity contribution in [3.05, 3.63) is 36.2 Å². The van der Waals surface area contributed by atoms with Crippen molar-refractivity contribution in [1.29, 1.82) is 5.26 Å². The predicted octanol–water partition coefficient (Wildman–Crippen LogP) is 3.88. The van der Waals surface area contributed by atoms with Gasteiger partial charge in [-0.3, -0.25) is 4.98 Å². The standard InChI is InChI=1S/C20H23N3O3/c1-20(2,3)26-19(24)23-10-7-15(8-11-23)25-18-5-4-14-13-22-9-6-16(14)17(18)12-21/h4-6,9,13,15H,7-8,10-11H2,1-3H3. The van der Waals surface area contributed by atoms with Crippen LogP contribution in [0.1, 0.15) is 39.2 Å². The monoisotopic (exact) mass is 353 g/mol. The van der Waals surface area contributed by atoms with Crippen LogP contribution in [0.15, 0.2) is 30.6 Å². The summed E-state index contributed by atoms with van der Waals surface area (Å²) < 4.78 is 11.5. The first kappa shape index (κ1) is 18.0. The molecule has 0 N–H and O–H groups in total. The van der Waals surface area contributed by atoms with Gasteiger partial charge in [-0.2, -0.15) is 5.26 Å². The van der Waals surface area contributed by atoms with Crippen molar-refractivity contribution in [2.24, 2.45) is 0 Å². The van der Waals surface area contributed by atoms with Crippen LogP contribution in [-0.4, -0.2) is 40.8 Å². The Bertz CT molecular complexity index is 843. The van der Waals surface area contributed by atoms with Crippen molar-refractivity contribution >= 4 is 16.9 Å². The second-order valence-corrected chi connectivity index (χ2v) is 7.43. The second-order valence-electron chi connectivity index (χ2n) is 7.43. The Labute approximate surface area is 153 Å². The van der Waals surface area contributed by atoms with Crippen molar-refractivity contribution < 1.29 is 14.3 Å². The minimum Gasteiger partial charge on any atom is -0.489 e. The molecule has 1 aromatic carbocycles. The zero-order valence-corrected chi connectivity index (χ0v) is 15.4. The molecule has 6 heteroatoms. The fraction of sp³-hybridized carbons (Fsp3) is 0.450. The molecule has 0 radical (unpaired) electrons. The normalized spacial score (nSPS) is 15.5. The highest BCUT2D eigenvalue weighted by Crippen LogP contribution is 2.29. The van der Waals surface area contributed by atoms with Gasteiger partial charge in [0.05, 0.1) is 0 Å². The summed E-state index contributed by atoms with van der Waals surface area (Å²) in [6.45, 7) is 6.75. The highest BCUT2D eigenvalue weighted by molar-refractivity contribution is 5.89. The summed E-state index contributed by atoms with van der Waals surface area (Å²) in [6.07, 6.45) is 4.51. The number of fused-ring (bicyclic) bond motifs is 1. The average Bonchev–Trinajstić information content (AvgIpc) is 2.60. The number of rotatable bonds is 2. The lowest BCUT2D eigenvalue weighted by Gasteiger charge is -2.33. The van der Waals surface area contributed by atoms with Gasteiger partial charge in [-0.25, -0.2) is 4.79 Å². The Morgan fingerprint density at radius 3 is 2.65 bits per heavy atom. The number of carbonyl (C=O) groups excluding carboxylic acids is 1. The van der Waals surface area contributed by atoms with Crippen molar-refractivity contribution in [1.82, 2.24) is 9.88 Å². The lowest BCUT2D eigenvalue weighted by atomic mass is 10.1. The molecular formula is C20H23N3O3. The number of hydrogen-bond acceptors (Lipinski definition) is 5. The van der Waals surface area contributed by atoms with Crippen LogP contribution in [0.3, 0.4) is 0 Å². The van der Waals surface area contributed by atoms with E-state index in [0.29, 0.717) is 37.2 Å². The molecule has 6 nitrogen and oxygen atoms in total. The summed E-state index contributed by atoms with van der Waals surface area (Å²) >= 11 is 0. The van der Waals surface area contributed by atoms with Gasteiger partial charge in [0.1, 0.15) is 29.1 Å². The van der Waals surface area contributed by atoms with Crippen LogP contribution in [0.2, 0.25) is 0 Å². The van der Waals surface area contributed by atoms with E-state index < -0.39 is 5.60 Å². The molecule has 3 rings (SSSR count). The SMILES string of the molecule is CC(C)(C)OC(=O)N1CCC(Oc2ccc3cnccc3c2C#N)CC1. The first-order valence-electron chi connectivity index (χ1n) is 8.79. The zero-order chi connectivity index (χ0) is 18.7. The maximum Gasteiger partial charge on any atom is 0.410 e. The first-order chi connectivity index (χ1) is 12.4. The lowest BCUT2D eigenvalue weighted by molar-refractivity contribution is 0.0126. The van der Waals surface area contributed by atoms with Crippen LogP contribution in [0, 0.1) is 11.3 Å². The number of aromatic nitrogens is 1. The zero-order valence-electron chi connectivity index (χ0n) is 15.4. The maximum atomic E-state index is 12.1. The van der Waals surface area contributed by atoms with Gasteiger partial charge >= 0.3 is 6.09 Å². The highest BCUT2D eigenvalue weighted by atomic mass is 16.6. The summed E-state index contributed by atoms with van der Waals surface area (Å²) in [7, 11) is 0. The Balaban J connectivity index is 1.66. The fourth-order valence-electron chi connectivity index (χ4n) is 3.02. The van der Waals surface area contributed by atoms with Gasteiger partial charge in [0, 0.05) is 49.1 Å². The number of ether oxygens (including phenoxy) is 2. The molecule has 0 bridgehead atoms. The molecule has 136 valence electrons. The maximum absolute atomic E-state index is 12.1. The van der Waals surface area contributed by atoms with E-state index in [1.165, 1.54) is 0 Å². The van der Waals surface area contributed by atoms with Crippen LogP contribution in [0.4, 0.5) is 4.79 Å². The second kappa shape index (κ2) is 7.20. The average molecular weight is 353 g/mol. The summed E-state index contributed by atoms with van der Waals surface area (Å²) in [4.78, 5) is 17.9. The van der Waals surface area contributed by atoms with Gasteiger partial charge in [-0.15, -0.1) is 0 Å². The number of amides is 1. The van der Waals surface area contributed by atoms with Crippen LogP contribution in [0.5, 0.6) is 5.75 Å². The number of carbonyl (C=O) groups is 1. The van der Waals surface area contributed by atoms with Crippen molar-refractivity contribution in [3.63, 3.8) is 0 Å². The molecule has 1 fully saturated rings. The fourth-order valence-corrected chi connectivity index (χ4v) is 3.02. The van der Waals surface area contributed by atoms with Crippen molar-refractivity contribution in [3.8, 4) is 11.8 Å². The molecule has 0 unspecified atom stereocenters. The van der Waals surface area contributed by atoms with Gasteiger partial charge in [0.2, 0.25) is 0 Å². The molecule has 1 aromatic heterocycles. The van der Waals surface area contributed by atoms with Crippen LogP contribution < -0.4 is 4.74 Å². The van der Waals surface area contributed by atoms with Gasteiger partial charge in [-0.1, -0.05) is 0 Å². The molecule has 0 spiro atoms. The van der Waals surface area contributed by atoms with E-state index in [4.69, 9.17) is 9.47 Å². The Hall–Kier alpha value is -2.81. The topological polar surface area (TPSA) is 75.4 Å². The molecule has 1 aliphatic heterocycles. The first-order valence-corrected chi connectivity index (χ1v) is 8.79. The van der Waals surface area contributed by atoms with Gasteiger partial charge < -0.3 is 14.4 Å². The molecule has 1 saturated heterocycles. The molecule has 1 amide bonds. The van der Waals surface area contributed by atoms with E-state index in [9.17, 15) is 10.1 Å². The third-order valence-electron chi connectivity index (χ3n) is 4.28. The Morgan fingerprint density at radius 1 is 1.27 bits per heavy atom. The largest absolute Gasteiger partial charge is 0.489 e. The lowest BCUT2D eigenvalue weighted by Crippen LogP contribution is -2.44. The molecule has 2 aromatic rings. The minimum absolute atomic E-state index is 0.0277. The smallest absolute Gasteiger partial charge is 0.410 e. The minimum atomic E-state index is -0.494. The number of piperidine rings is 1. The molecule has 1 aliphatic rings. The third-order valence-corrected chi connectivity index (χ3v) is 4.28. The van der Waals surface area contributed by atoms with Crippen molar-refractivity contribution in [2.45, 2.75) is 45.3 Å². The van der Waals surface area contributed by atoms with E-state index in [0.717, 1.165) is 10.8 Å². The van der Waals surface area contributed by atoms with Gasteiger partial charge in [-0.05, 0) is 39.0 Å². The molecular weight excluding hydrogens is 330 g/mol. The van der Waals surface area contributed by atoms with E-state index in [1.54, 1.807) is 17.3 Å². The summed E-state index contributed by atoms with van der Waals surface area (Å²) in [5.74, 6) is 0.585. The van der Waals surface area contributed by atoms with E-state index in [1.807, 2.05) is 39.0 Å². The molecule has 0 atom stereocenters. The highest BCUT2D eigenvalue weighted by Gasteiger charge is 2.28. The molecule has 2 heterocycles. The van der Waals surface area contributed by atoms with Crippen LogP contribution in [0.25, 0.3) is 10.8 Å². The number of pyridine rings is 1. The number of hydrogen-bond donors (Lipinski definition) is 0. The van der Waals surface area contributed by atoms with Crippen LogP contribution in [-0.2, 0) is 4.74 Å². The van der Waals surface area contributed by atoms with E-state index in [-0.39, 0.29) is 12.2 Å². The number of nitriles is 1. The quantitative estimate of drug-likeness (QED) is 0.819. The number of benzene rings is 1. The Morgan fingerprint density at radius 2 is 2.00 bits per heavy atom. The van der Waals surface area contributed by atoms with Crippen molar-refractivity contribution in [2.75, 3.05) is 13.1 Å².